The van der Waals surface area contributed by atoms with Crippen LogP contribution in [0.2, 0.25) is 0 Å². The lowest BCUT2D eigenvalue weighted by Crippen LogP contribution is -2.08. The van der Waals surface area contributed by atoms with Gasteiger partial charge in [-0.2, -0.15) is 0 Å². The quantitative estimate of drug-likeness (QED) is 0.632. The summed E-state index contributed by atoms with van der Waals surface area (Å²) >= 11 is 0. The number of hydrogen-bond donors (Lipinski definition) is 0. The monoisotopic (exact) mass is 190 g/mol. The Hall–Kier alpha value is -1.64. The normalized spacial score (nSPS) is 13.9. The van der Waals surface area contributed by atoms with Gasteiger partial charge >= 0.3 is 5.97 Å². The lowest BCUT2D eigenvalue weighted by Gasteiger charge is -2.04. The van der Waals surface area contributed by atoms with Crippen LogP contribution in [0.15, 0.2) is 18.2 Å². The van der Waals surface area contributed by atoms with Gasteiger partial charge in [0.1, 0.15) is 0 Å². The molecule has 2 rings (SSSR count). The van der Waals surface area contributed by atoms with Crippen LogP contribution in [0.5, 0.6) is 0 Å². The topological polar surface area (TPSA) is 43.4 Å². The van der Waals surface area contributed by atoms with Crippen molar-refractivity contribution < 1.29 is 14.3 Å². The molecular weight excluding hydrogens is 180 g/mol. The van der Waals surface area contributed by atoms with Crippen molar-refractivity contribution in [1.29, 1.82) is 0 Å². The Labute approximate surface area is 81.7 Å². The Morgan fingerprint density at radius 3 is 2.86 bits per heavy atom. The van der Waals surface area contributed by atoms with Crippen LogP contribution in [0.1, 0.15) is 32.7 Å². The third kappa shape index (κ3) is 1.21. The molecule has 72 valence electrons. The molecule has 1 aromatic rings. The van der Waals surface area contributed by atoms with E-state index >= 15 is 0 Å². The molecule has 1 aromatic carbocycles. The van der Waals surface area contributed by atoms with Crippen LogP contribution in [0, 0.1) is 0 Å². The summed E-state index contributed by atoms with van der Waals surface area (Å²) in [5.41, 5.74) is 1.91. The number of methoxy groups -OCH3 is 1. The first kappa shape index (κ1) is 8.94. The lowest BCUT2D eigenvalue weighted by atomic mass is 10.0. The predicted molar refractivity (Wildman–Crippen MR) is 50.4 cm³/mol. The summed E-state index contributed by atoms with van der Waals surface area (Å²) in [5, 5.41) is 0. The van der Waals surface area contributed by atoms with Crippen molar-refractivity contribution in [3.8, 4) is 0 Å². The predicted octanol–water partition coefficient (Wildman–Crippen LogP) is 1.60. The highest BCUT2D eigenvalue weighted by Gasteiger charge is 2.25. The van der Waals surface area contributed by atoms with Crippen molar-refractivity contribution in [2.75, 3.05) is 7.11 Å². The second kappa shape index (κ2) is 3.25. The molecule has 0 N–H and O–H groups in total. The van der Waals surface area contributed by atoms with E-state index in [1.54, 1.807) is 12.1 Å². The van der Waals surface area contributed by atoms with E-state index < -0.39 is 5.97 Å². The Morgan fingerprint density at radius 1 is 1.36 bits per heavy atom. The van der Waals surface area contributed by atoms with E-state index in [-0.39, 0.29) is 5.78 Å². The van der Waals surface area contributed by atoms with E-state index in [1.165, 1.54) is 7.11 Å². The number of esters is 1. The first-order chi connectivity index (χ1) is 6.74. The van der Waals surface area contributed by atoms with Gasteiger partial charge in [0.05, 0.1) is 12.7 Å². The van der Waals surface area contributed by atoms with E-state index in [9.17, 15) is 9.59 Å². The van der Waals surface area contributed by atoms with Gasteiger partial charge in [0, 0.05) is 12.0 Å². The number of Topliss-reactive ketones (excluding diaryl/α,β-unsaturated/α-hetero) is 1. The molecule has 0 amide bonds. The van der Waals surface area contributed by atoms with Crippen LogP contribution in [-0.2, 0) is 11.2 Å². The summed E-state index contributed by atoms with van der Waals surface area (Å²) in [7, 11) is 1.32. The summed E-state index contributed by atoms with van der Waals surface area (Å²) in [6, 6.07) is 5.30. The fraction of sp³-hybridized carbons (Fsp3) is 0.273. The summed E-state index contributed by atoms with van der Waals surface area (Å²) in [6.07, 6.45) is 1.24. The Kier molecular flexibility index (Phi) is 2.08. The molecule has 14 heavy (non-hydrogen) atoms. The van der Waals surface area contributed by atoms with E-state index in [0.29, 0.717) is 17.5 Å². The molecule has 0 saturated heterocycles. The molecule has 0 fully saturated rings. The van der Waals surface area contributed by atoms with Crippen molar-refractivity contribution in [3.05, 3.63) is 34.9 Å². The average Bonchev–Trinajstić information content (AvgIpc) is 2.59. The highest BCUT2D eigenvalue weighted by atomic mass is 16.5. The molecule has 0 aliphatic heterocycles. The number of hydrogen-bond acceptors (Lipinski definition) is 3. The lowest BCUT2D eigenvalue weighted by molar-refractivity contribution is 0.0597. The molecule has 0 atom stereocenters. The Morgan fingerprint density at radius 2 is 2.14 bits per heavy atom. The number of rotatable bonds is 1. The molecule has 3 nitrogen and oxygen atoms in total. The minimum atomic E-state index is -0.433. The Balaban J connectivity index is 2.57. The van der Waals surface area contributed by atoms with Gasteiger partial charge in [-0.1, -0.05) is 12.1 Å². The summed E-state index contributed by atoms with van der Waals surface area (Å²) in [6.45, 7) is 0. The SMILES string of the molecule is COC(=O)c1cccc2c1C(=O)CC2. The first-order valence-corrected chi connectivity index (χ1v) is 4.47. The molecular formula is C11H10O3. The van der Waals surface area contributed by atoms with Gasteiger partial charge in [0.2, 0.25) is 0 Å². The third-order valence-corrected chi connectivity index (χ3v) is 2.46. The number of fused-ring (bicyclic) bond motifs is 1. The fourth-order valence-corrected chi connectivity index (χ4v) is 1.79. The molecule has 1 aliphatic rings. The molecule has 0 heterocycles. The maximum Gasteiger partial charge on any atom is 0.338 e. The number of ether oxygens (including phenoxy) is 1. The summed E-state index contributed by atoms with van der Waals surface area (Å²) in [5.74, 6) is -0.391. The van der Waals surface area contributed by atoms with E-state index in [4.69, 9.17) is 0 Å². The van der Waals surface area contributed by atoms with Crippen LogP contribution in [0.4, 0.5) is 0 Å². The van der Waals surface area contributed by atoms with Crippen molar-refractivity contribution in [3.63, 3.8) is 0 Å². The van der Waals surface area contributed by atoms with Gasteiger partial charge in [-0.25, -0.2) is 4.79 Å². The minimum absolute atomic E-state index is 0.0426. The van der Waals surface area contributed by atoms with Crippen LogP contribution in [0.25, 0.3) is 0 Å². The van der Waals surface area contributed by atoms with E-state index in [0.717, 1.165) is 12.0 Å². The van der Waals surface area contributed by atoms with Crippen molar-refractivity contribution >= 4 is 11.8 Å². The highest BCUT2D eigenvalue weighted by Crippen LogP contribution is 2.25. The maximum absolute atomic E-state index is 11.5. The zero-order chi connectivity index (χ0) is 10.1. The van der Waals surface area contributed by atoms with Crippen molar-refractivity contribution in [2.24, 2.45) is 0 Å². The Bertz CT molecular complexity index is 407. The van der Waals surface area contributed by atoms with Crippen molar-refractivity contribution in [1.82, 2.24) is 0 Å². The third-order valence-electron chi connectivity index (χ3n) is 2.46. The molecule has 3 heteroatoms. The standard InChI is InChI=1S/C11H10O3/c1-14-11(13)8-4-2-3-7-5-6-9(12)10(7)8/h2-4H,5-6H2,1H3. The molecule has 1 aliphatic carbocycles. The van der Waals surface area contributed by atoms with Crippen molar-refractivity contribution in [2.45, 2.75) is 12.8 Å². The fourth-order valence-electron chi connectivity index (χ4n) is 1.79. The molecule has 0 spiro atoms. The summed E-state index contributed by atoms with van der Waals surface area (Å²) < 4.78 is 4.62. The number of carbonyl (C=O) groups is 2. The largest absolute Gasteiger partial charge is 0.465 e. The van der Waals surface area contributed by atoms with Gasteiger partial charge in [0.15, 0.2) is 5.78 Å². The minimum Gasteiger partial charge on any atom is -0.465 e. The number of ketones is 1. The molecule has 0 radical (unpaired) electrons. The number of benzene rings is 1. The second-order valence-electron chi connectivity index (χ2n) is 3.25. The van der Waals surface area contributed by atoms with Gasteiger partial charge in [-0.15, -0.1) is 0 Å². The zero-order valence-corrected chi connectivity index (χ0v) is 7.87. The smallest absolute Gasteiger partial charge is 0.338 e. The molecule has 0 aromatic heterocycles. The maximum atomic E-state index is 11.5. The number of carbonyl (C=O) groups excluding carboxylic acids is 2. The van der Waals surface area contributed by atoms with Gasteiger partial charge in [-0.05, 0) is 18.1 Å². The molecule has 0 unspecified atom stereocenters. The highest BCUT2D eigenvalue weighted by molar-refractivity contribution is 6.09. The average molecular weight is 190 g/mol. The summed E-state index contributed by atoms with van der Waals surface area (Å²) in [4.78, 5) is 22.8. The van der Waals surface area contributed by atoms with Gasteiger partial charge in [-0.3, -0.25) is 4.79 Å². The van der Waals surface area contributed by atoms with Gasteiger partial charge < -0.3 is 4.74 Å². The van der Waals surface area contributed by atoms with Gasteiger partial charge in [0.25, 0.3) is 0 Å². The van der Waals surface area contributed by atoms with Crippen LogP contribution in [-0.4, -0.2) is 18.9 Å². The molecule has 0 saturated carbocycles. The van der Waals surface area contributed by atoms with E-state index in [2.05, 4.69) is 4.74 Å². The molecule has 0 bridgehead atoms. The second-order valence-corrected chi connectivity index (χ2v) is 3.25. The number of aryl methyl sites for hydroxylation is 1. The first-order valence-electron chi connectivity index (χ1n) is 4.47. The van der Waals surface area contributed by atoms with E-state index in [1.807, 2.05) is 6.07 Å². The zero-order valence-electron chi connectivity index (χ0n) is 7.87. The van der Waals surface area contributed by atoms with Crippen LogP contribution in [0.3, 0.4) is 0 Å². The van der Waals surface area contributed by atoms with Crippen LogP contribution >= 0.6 is 0 Å². The van der Waals surface area contributed by atoms with Crippen LogP contribution < -0.4 is 0 Å².